The van der Waals surface area contributed by atoms with Crippen molar-refractivity contribution in [3.8, 4) is 5.69 Å². The van der Waals surface area contributed by atoms with E-state index in [4.69, 9.17) is 16.3 Å². The van der Waals surface area contributed by atoms with Gasteiger partial charge in [-0.1, -0.05) is 29.8 Å². The van der Waals surface area contributed by atoms with Crippen molar-refractivity contribution < 1.29 is 9.53 Å². The monoisotopic (exact) mass is 553 g/mol. The van der Waals surface area contributed by atoms with Crippen LogP contribution >= 0.6 is 34.2 Å². The highest BCUT2D eigenvalue weighted by Gasteiger charge is 2.25. The zero-order valence-electron chi connectivity index (χ0n) is 16.3. The predicted octanol–water partition coefficient (Wildman–Crippen LogP) is 4.99. The number of benzene rings is 3. The standard InChI is InChI=1S/C24H13ClIN3O3/c25-15-6-9-17(10-7-15)29-21(27-19-11-8-16(26)12-18(19)23(29)30)13-20-24(31)32-22(28-20)14-4-2-1-3-5-14/h1-13H/b20-13+. The molecule has 5 rings (SSSR count). The number of halogens is 2. The molecule has 8 heteroatoms. The van der Waals surface area contributed by atoms with Gasteiger partial charge in [0.25, 0.3) is 5.56 Å². The van der Waals surface area contributed by atoms with Gasteiger partial charge < -0.3 is 4.74 Å². The molecule has 0 bridgehead atoms. The summed E-state index contributed by atoms with van der Waals surface area (Å²) in [5, 5.41) is 1.01. The number of esters is 1. The zero-order chi connectivity index (χ0) is 22.2. The van der Waals surface area contributed by atoms with Crippen molar-refractivity contribution in [1.29, 1.82) is 0 Å². The van der Waals surface area contributed by atoms with Gasteiger partial charge in [-0.2, -0.15) is 0 Å². The third-order valence-corrected chi connectivity index (χ3v) is 5.77. The lowest BCUT2D eigenvalue weighted by molar-refractivity contribution is -0.129. The number of cyclic esters (lactones) is 1. The van der Waals surface area contributed by atoms with Gasteiger partial charge in [0.2, 0.25) is 5.90 Å². The second-order valence-corrected chi connectivity index (χ2v) is 8.63. The van der Waals surface area contributed by atoms with Gasteiger partial charge in [0.05, 0.1) is 16.6 Å². The van der Waals surface area contributed by atoms with E-state index in [1.165, 1.54) is 10.6 Å². The highest BCUT2D eigenvalue weighted by Crippen LogP contribution is 2.22. The molecule has 0 spiro atoms. The molecule has 3 aromatic carbocycles. The number of aromatic nitrogens is 2. The molecule has 0 unspecified atom stereocenters. The molecule has 2 heterocycles. The van der Waals surface area contributed by atoms with E-state index < -0.39 is 5.97 Å². The second-order valence-electron chi connectivity index (χ2n) is 6.95. The van der Waals surface area contributed by atoms with Crippen LogP contribution in [0, 0.1) is 3.57 Å². The van der Waals surface area contributed by atoms with Gasteiger partial charge in [0.15, 0.2) is 5.70 Å². The van der Waals surface area contributed by atoms with E-state index in [0.717, 1.165) is 3.57 Å². The Morgan fingerprint density at radius 3 is 2.47 bits per heavy atom. The summed E-state index contributed by atoms with van der Waals surface area (Å²) in [7, 11) is 0. The molecule has 1 aromatic heterocycles. The molecule has 0 atom stereocenters. The summed E-state index contributed by atoms with van der Waals surface area (Å²) in [6.07, 6.45) is 1.46. The Morgan fingerprint density at radius 2 is 1.72 bits per heavy atom. The summed E-state index contributed by atoms with van der Waals surface area (Å²) in [5.41, 5.74) is 1.56. The Morgan fingerprint density at radius 1 is 0.969 bits per heavy atom. The molecular formula is C24H13ClIN3O3. The summed E-state index contributed by atoms with van der Waals surface area (Å²) in [6, 6.07) is 21.4. The molecule has 0 N–H and O–H groups in total. The van der Waals surface area contributed by atoms with Crippen molar-refractivity contribution in [3.63, 3.8) is 0 Å². The van der Waals surface area contributed by atoms with Gasteiger partial charge in [0.1, 0.15) is 5.82 Å². The van der Waals surface area contributed by atoms with Gasteiger partial charge in [-0.25, -0.2) is 14.8 Å². The fourth-order valence-corrected chi connectivity index (χ4v) is 3.96. The van der Waals surface area contributed by atoms with Crippen LogP contribution in [0.2, 0.25) is 5.02 Å². The highest BCUT2D eigenvalue weighted by molar-refractivity contribution is 14.1. The fourth-order valence-electron chi connectivity index (χ4n) is 3.35. The van der Waals surface area contributed by atoms with Crippen LogP contribution in [0.5, 0.6) is 0 Å². The molecule has 0 saturated heterocycles. The van der Waals surface area contributed by atoms with Gasteiger partial charge in [-0.05, 0) is 77.2 Å². The SMILES string of the molecule is O=C1OC(c2ccccc2)=N/C1=C/c1nc2ccc(I)cc2c(=O)n1-c1ccc(Cl)cc1. The number of rotatable bonds is 3. The summed E-state index contributed by atoms with van der Waals surface area (Å²) in [5.74, 6) is -0.142. The normalized spacial score (nSPS) is 14.6. The highest BCUT2D eigenvalue weighted by atomic mass is 127. The van der Waals surface area contributed by atoms with E-state index >= 15 is 0 Å². The molecule has 32 heavy (non-hydrogen) atoms. The number of carbonyl (C=O) groups is 1. The first-order chi connectivity index (χ1) is 15.5. The van der Waals surface area contributed by atoms with E-state index in [1.54, 1.807) is 48.5 Å². The Labute approximate surface area is 201 Å². The quantitative estimate of drug-likeness (QED) is 0.204. The van der Waals surface area contributed by atoms with Gasteiger partial charge in [-0.3, -0.25) is 9.36 Å². The van der Waals surface area contributed by atoms with E-state index in [1.807, 2.05) is 24.3 Å². The first-order valence-corrected chi connectivity index (χ1v) is 11.0. The molecule has 1 aliphatic rings. The molecule has 0 amide bonds. The molecule has 0 saturated carbocycles. The summed E-state index contributed by atoms with van der Waals surface area (Å²) in [6.45, 7) is 0. The minimum Gasteiger partial charge on any atom is -0.402 e. The van der Waals surface area contributed by atoms with Crippen LogP contribution in [-0.4, -0.2) is 21.4 Å². The average molecular weight is 554 g/mol. The maximum Gasteiger partial charge on any atom is 0.363 e. The molecule has 6 nitrogen and oxygen atoms in total. The third-order valence-electron chi connectivity index (χ3n) is 4.85. The van der Waals surface area contributed by atoms with Crippen molar-refractivity contribution >= 4 is 63.0 Å². The molecule has 4 aromatic rings. The second kappa shape index (κ2) is 8.33. The van der Waals surface area contributed by atoms with Gasteiger partial charge in [0, 0.05) is 20.2 Å². The fraction of sp³-hybridized carbons (Fsp3) is 0. The third kappa shape index (κ3) is 3.85. The summed E-state index contributed by atoms with van der Waals surface area (Å²) in [4.78, 5) is 34.9. The predicted molar refractivity (Wildman–Crippen MR) is 132 cm³/mol. The maximum absolute atomic E-state index is 13.4. The maximum atomic E-state index is 13.4. The summed E-state index contributed by atoms with van der Waals surface area (Å²) >= 11 is 8.18. The number of nitrogens with zero attached hydrogens (tertiary/aromatic N) is 3. The first kappa shape index (κ1) is 20.6. The number of fused-ring (bicyclic) bond motifs is 1. The van der Waals surface area contributed by atoms with Crippen LogP contribution in [0.15, 0.2) is 88.3 Å². The van der Waals surface area contributed by atoms with E-state index in [0.29, 0.717) is 27.2 Å². The Hall–Kier alpha value is -3.30. The van der Waals surface area contributed by atoms with Crippen LogP contribution in [0.25, 0.3) is 22.7 Å². The van der Waals surface area contributed by atoms with Crippen LogP contribution in [0.3, 0.4) is 0 Å². The molecule has 0 aliphatic carbocycles. The Balaban J connectivity index is 1.73. The van der Waals surface area contributed by atoms with Crippen LogP contribution in [-0.2, 0) is 9.53 Å². The van der Waals surface area contributed by atoms with Crippen molar-refractivity contribution in [2.45, 2.75) is 0 Å². The lowest BCUT2D eigenvalue weighted by atomic mass is 10.2. The molecule has 156 valence electrons. The largest absolute Gasteiger partial charge is 0.402 e. The zero-order valence-corrected chi connectivity index (χ0v) is 19.2. The Bertz CT molecular complexity index is 1490. The summed E-state index contributed by atoms with van der Waals surface area (Å²) < 4.78 is 7.69. The van der Waals surface area contributed by atoms with Gasteiger partial charge >= 0.3 is 5.97 Å². The molecule has 1 aliphatic heterocycles. The smallest absolute Gasteiger partial charge is 0.363 e. The van der Waals surface area contributed by atoms with Crippen molar-refractivity contribution in [2.24, 2.45) is 4.99 Å². The van der Waals surface area contributed by atoms with Crippen molar-refractivity contribution in [2.75, 3.05) is 0 Å². The van der Waals surface area contributed by atoms with Crippen LogP contribution < -0.4 is 5.56 Å². The minimum absolute atomic E-state index is 0.0586. The number of carbonyl (C=O) groups excluding carboxylic acids is 1. The van der Waals surface area contributed by atoms with Crippen molar-refractivity contribution in [3.05, 3.63) is 109 Å². The average Bonchev–Trinajstić information content (AvgIpc) is 3.16. The van der Waals surface area contributed by atoms with E-state index in [2.05, 4.69) is 32.6 Å². The number of aliphatic imine (C=N–C) groups is 1. The lowest BCUT2D eigenvalue weighted by Gasteiger charge is -2.12. The number of ether oxygens (including phenoxy) is 1. The van der Waals surface area contributed by atoms with E-state index in [9.17, 15) is 9.59 Å². The van der Waals surface area contributed by atoms with Gasteiger partial charge in [-0.15, -0.1) is 0 Å². The lowest BCUT2D eigenvalue weighted by Crippen LogP contribution is -2.22. The van der Waals surface area contributed by atoms with Crippen LogP contribution in [0.4, 0.5) is 0 Å². The number of hydrogen-bond donors (Lipinski definition) is 0. The molecule has 0 fully saturated rings. The molecular weight excluding hydrogens is 541 g/mol. The number of hydrogen-bond acceptors (Lipinski definition) is 5. The van der Waals surface area contributed by atoms with Crippen LogP contribution in [0.1, 0.15) is 11.4 Å². The van der Waals surface area contributed by atoms with E-state index in [-0.39, 0.29) is 23.0 Å². The minimum atomic E-state index is -0.608. The Kier molecular flexibility index (Phi) is 5.36. The van der Waals surface area contributed by atoms with Crippen molar-refractivity contribution in [1.82, 2.24) is 9.55 Å². The topological polar surface area (TPSA) is 73.6 Å². The first-order valence-electron chi connectivity index (χ1n) is 9.56. The molecule has 0 radical (unpaired) electrons.